The predicted molar refractivity (Wildman–Crippen MR) is 61.3 cm³/mol. The number of nitrogen functional groups attached to an aromatic ring is 1. The minimum Gasteiger partial charge on any atom is -0.384 e. The normalized spacial score (nSPS) is 10.3. The Labute approximate surface area is 93.4 Å². The van der Waals surface area contributed by atoms with Crippen molar-refractivity contribution < 1.29 is 0 Å². The van der Waals surface area contributed by atoms with Gasteiger partial charge in [-0.1, -0.05) is 12.1 Å². The van der Waals surface area contributed by atoms with Crippen LogP contribution in [0.5, 0.6) is 0 Å². The van der Waals surface area contributed by atoms with Crippen LogP contribution in [0.15, 0.2) is 30.9 Å². The Hall–Kier alpha value is -2.17. The summed E-state index contributed by atoms with van der Waals surface area (Å²) in [5.41, 5.74) is 8.42. The van der Waals surface area contributed by atoms with E-state index in [-0.39, 0.29) is 5.84 Å². The summed E-state index contributed by atoms with van der Waals surface area (Å²) in [6.45, 7) is 2.68. The number of benzene rings is 1. The lowest BCUT2D eigenvalue weighted by Gasteiger charge is -2.07. The fourth-order valence-electron chi connectivity index (χ4n) is 1.53. The third-order valence-electron chi connectivity index (χ3n) is 2.45. The average Bonchev–Trinajstić information content (AvgIpc) is 2.73. The molecular weight excluding hydrogens is 202 g/mol. The summed E-state index contributed by atoms with van der Waals surface area (Å²) in [6.07, 6.45) is 3.19. The van der Waals surface area contributed by atoms with Gasteiger partial charge in [0.05, 0.1) is 6.54 Å². The molecule has 0 saturated heterocycles. The van der Waals surface area contributed by atoms with E-state index in [2.05, 4.69) is 10.1 Å². The molecule has 0 fully saturated rings. The smallest absolute Gasteiger partial charge is 0.137 e. The Morgan fingerprint density at radius 2 is 2.31 bits per heavy atom. The minimum atomic E-state index is 0.0930. The largest absolute Gasteiger partial charge is 0.384 e. The van der Waals surface area contributed by atoms with Crippen LogP contribution < -0.4 is 5.73 Å². The van der Waals surface area contributed by atoms with Gasteiger partial charge in [-0.25, -0.2) is 9.67 Å². The van der Waals surface area contributed by atoms with Crippen molar-refractivity contribution in [1.29, 1.82) is 5.41 Å². The van der Waals surface area contributed by atoms with Crippen LogP contribution in [0.25, 0.3) is 0 Å². The Bertz CT molecular complexity index is 501. The van der Waals surface area contributed by atoms with Crippen LogP contribution in [-0.2, 0) is 6.54 Å². The first-order valence-corrected chi connectivity index (χ1v) is 4.93. The Morgan fingerprint density at radius 3 is 2.88 bits per heavy atom. The zero-order valence-corrected chi connectivity index (χ0v) is 9.01. The minimum absolute atomic E-state index is 0.0930. The van der Waals surface area contributed by atoms with Crippen molar-refractivity contribution in [2.24, 2.45) is 5.73 Å². The van der Waals surface area contributed by atoms with Gasteiger partial charge in [-0.3, -0.25) is 5.41 Å². The standard InChI is InChI=1S/C11H13N5/c1-8-4-9(11(12)13)2-3-10(8)5-16-7-14-6-15-16/h2-4,6-7H,5H2,1H3,(H3,12,13). The molecular formula is C11H13N5. The van der Waals surface area contributed by atoms with E-state index in [0.717, 1.165) is 16.7 Å². The number of aryl methyl sites for hydroxylation is 1. The molecule has 0 aliphatic heterocycles. The van der Waals surface area contributed by atoms with Crippen LogP contribution in [0.4, 0.5) is 0 Å². The van der Waals surface area contributed by atoms with Crippen molar-refractivity contribution in [2.45, 2.75) is 13.5 Å². The molecule has 0 atom stereocenters. The Morgan fingerprint density at radius 1 is 1.50 bits per heavy atom. The molecule has 0 radical (unpaired) electrons. The third kappa shape index (κ3) is 2.08. The molecule has 2 rings (SSSR count). The van der Waals surface area contributed by atoms with E-state index in [1.54, 1.807) is 11.0 Å². The molecule has 82 valence electrons. The van der Waals surface area contributed by atoms with Crippen molar-refractivity contribution >= 4 is 5.84 Å². The Balaban J connectivity index is 2.26. The van der Waals surface area contributed by atoms with E-state index in [1.807, 2.05) is 25.1 Å². The quantitative estimate of drug-likeness (QED) is 0.590. The van der Waals surface area contributed by atoms with Gasteiger partial charge in [0, 0.05) is 5.56 Å². The van der Waals surface area contributed by atoms with Crippen molar-refractivity contribution in [3.8, 4) is 0 Å². The molecule has 0 bridgehead atoms. The number of amidine groups is 1. The molecule has 2 aromatic rings. The number of aromatic nitrogens is 3. The zero-order chi connectivity index (χ0) is 11.5. The highest BCUT2D eigenvalue weighted by Gasteiger charge is 2.03. The van der Waals surface area contributed by atoms with Gasteiger partial charge in [-0.15, -0.1) is 0 Å². The molecule has 0 aliphatic carbocycles. The molecule has 16 heavy (non-hydrogen) atoms. The maximum absolute atomic E-state index is 7.35. The maximum atomic E-state index is 7.35. The molecule has 3 N–H and O–H groups in total. The van der Waals surface area contributed by atoms with Crippen LogP contribution in [-0.4, -0.2) is 20.6 Å². The fourth-order valence-corrected chi connectivity index (χ4v) is 1.53. The summed E-state index contributed by atoms with van der Waals surface area (Å²) in [5, 5.41) is 11.4. The maximum Gasteiger partial charge on any atom is 0.137 e. The second-order valence-electron chi connectivity index (χ2n) is 3.65. The van der Waals surface area contributed by atoms with Crippen molar-refractivity contribution in [1.82, 2.24) is 14.8 Å². The number of rotatable bonds is 3. The summed E-state index contributed by atoms with van der Waals surface area (Å²) in [6, 6.07) is 5.73. The van der Waals surface area contributed by atoms with E-state index in [1.165, 1.54) is 6.33 Å². The van der Waals surface area contributed by atoms with Gasteiger partial charge in [-0.05, 0) is 24.1 Å². The third-order valence-corrected chi connectivity index (χ3v) is 2.45. The van der Waals surface area contributed by atoms with Crippen LogP contribution in [0, 0.1) is 12.3 Å². The number of nitrogens with two attached hydrogens (primary N) is 1. The lowest BCUT2D eigenvalue weighted by molar-refractivity contribution is 0.682. The molecule has 5 heteroatoms. The van der Waals surface area contributed by atoms with Gasteiger partial charge in [0.15, 0.2) is 0 Å². The van der Waals surface area contributed by atoms with Gasteiger partial charge in [-0.2, -0.15) is 5.10 Å². The molecule has 5 nitrogen and oxygen atoms in total. The lowest BCUT2D eigenvalue weighted by Crippen LogP contribution is -2.12. The zero-order valence-electron chi connectivity index (χ0n) is 9.01. The molecule has 0 spiro atoms. The van der Waals surface area contributed by atoms with Crippen LogP contribution >= 0.6 is 0 Å². The SMILES string of the molecule is Cc1cc(C(=N)N)ccc1Cn1cncn1. The molecule has 0 aliphatic rings. The average molecular weight is 215 g/mol. The van der Waals surface area contributed by atoms with E-state index in [0.29, 0.717) is 6.54 Å². The second kappa shape index (κ2) is 4.14. The van der Waals surface area contributed by atoms with E-state index >= 15 is 0 Å². The van der Waals surface area contributed by atoms with Crippen LogP contribution in [0.2, 0.25) is 0 Å². The summed E-state index contributed by atoms with van der Waals surface area (Å²) in [5.74, 6) is 0.0930. The highest BCUT2D eigenvalue weighted by Crippen LogP contribution is 2.11. The fraction of sp³-hybridized carbons (Fsp3) is 0.182. The van der Waals surface area contributed by atoms with Gasteiger partial charge < -0.3 is 5.73 Å². The first-order chi connectivity index (χ1) is 7.66. The van der Waals surface area contributed by atoms with Crippen LogP contribution in [0.1, 0.15) is 16.7 Å². The monoisotopic (exact) mass is 215 g/mol. The first-order valence-electron chi connectivity index (χ1n) is 4.93. The number of hydrogen-bond acceptors (Lipinski definition) is 3. The van der Waals surface area contributed by atoms with Gasteiger partial charge in [0.2, 0.25) is 0 Å². The molecule has 1 aromatic carbocycles. The topological polar surface area (TPSA) is 80.6 Å². The number of nitrogens with one attached hydrogen (secondary N) is 1. The first kappa shape index (κ1) is 10.4. The van der Waals surface area contributed by atoms with Gasteiger partial charge in [0.25, 0.3) is 0 Å². The molecule has 1 aromatic heterocycles. The van der Waals surface area contributed by atoms with Crippen LogP contribution in [0.3, 0.4) is 0 Å². The van der Waals surface area contributed by atoms with Crippen molar-refractivity contribution in [3.05, 3.63) is 47.5 Å². The summed E-state index contributed by atoms with van der Waals surface area (Å²) in [4.78, 5) is 3.89. The summed E-state index contributed by atoms with van der Waals surface area (Å²) < 4.78 is 1.76. The van der Waals surface area contributed by atoms with Crippen molar-refractivity contribution in [2.75, 3.05) is 0 Å². The summed E-state index contributed by atoms with van der Waals surface area (Å²) in [7, 11) is 0. The second-order valence-corrected chi connectivity index (χ2v) is 3.65. The summed E-state index contributed by atoms with van der Waals surface area (Å²) >= 11 is 0. The number of nitrogens with zero attached hydrogens (tertiary/aromatic N) is 3. The van der Waals surface area contributed by atoms with Gasteiger partial charge in [0.1, 0.15) is 18.5 Å². The van der Waals surface area contributed by atoms with E-state index in [4.69, 9.17) is 11.1 Å². The highest BCUT2D eigenvalue weighted by atomic mass is 15.3. The molecule has 1 heterocycles. The molecule has 0 saturated carbocycles. The Kier molecular flexibility index (Phi) is 2.68. The molecule has 0 unspecified atom stereocenters. The highest BCUT2D eigenvalue weighted by molar-refractivity contribution is 5.95. The van der Waals surface area contributed by atoms with Gasteiger partial charge >= 0.3 is 0 Å². The lowest BCUT2D eigenvalue weighted by atomic mass is 10.0. The van der Waals surface area contributed by atoms with E-state index < -0.39 is 0 Å². The van der Waals surface area contributed by atoms with E-state index in [9.17, 15) is 0 Å². The molecule has 0 amide bonds. The number of hydrogen-bond donors (Lipinski definition) is 2. The van der Waals surface area contributed by atoms with Crippen molar-refractivity contribution in [3.63, 3.8) is 0 Å². The predicted octanol–water partition coefficient (Wildman–Crippen LogP) is 0.919.